The first kappa shape index (κ1) is 19.6. The Balaban J connectivity index is 1.91. The summed E-state index contributed by atoms with van der Waals surface area (Å²) in [5.74, 6) is -2.14. The molecule has 1 aliphatic heterocycles. The maximum Gasteiger partial charge on any atom is 0.338 e. The Bertz CT molecular complexity index is 1280. The Morgan fingerprint density at radius 2 is 2.03 bits per heavy atom. The van der Waals surface area contributed by atoms with Gasteiger partial charge in [0.2, 0.25) is 0 Å². The third-order valence-electron chi connectivity index (χ3n) is 5.31. The van der Waals surface area contributed by atoms with Gasteiger partial charge in [-0.05, 0) is 24.6 Å². The number of esters is 1. The van der Waals surface area contributed by atoms with Crippen LogP contribution in [0.3, 0.4) is 0 Å². The molecule has 156 valence electrons. The number of fused-ring (bicyclic) bond motifs is 3. The number of benzene rings is 1. The monoisotopic (exact) mass is 414 g/mol. The molecule has 4 rings (SSSR count). The van der Waals surface area contributed by atoms with Gasteiger partial charge in [-0.25, -0.2) is 13.9 Å². The highest BCUT2D eigenvalue weighted by atomic mass is 19.1. The Labute approximate surface area is 169 Å². The summed E-state index contributed by atoms with van der Waals surface area (Å²) < 4.78 is 21.0. The van der Waals surface area contributed by atoms with Crippen molar-refractivity contribution in [1.82, 2.24) is 19.2 Å². The summed E-state index contributed by atoms with van der Waals surface area (Å²) in [6.07, 6.45) is 0. The summed E-state index contributed by atoms with van der Waals surface area (Å²) >= 11 is 0. The summed E-state index contributed by atoms with van der Waals surface area (Å²) in [5, 5.41) is 15.0. The van der Waals surface area contributed by atoms with E-state index in [1.807, 2.05) is 0 Å². The SMILES string of the molecule is COC(=O)c1cc(F)ccc1Cn1nc(C)c2c(c(O)c3n2CCN(C)C3=O)c1=O. The van der Waals surface area contributed by atoms with Crippen LogP contribution in [0.25, 0.3) is 10.9 Å². The van der Waals surface area contributed by atoms with Crippen LogP contribution in [0.15, 0.2) is 23.0 Å². The fourth-order valence-corrected chi connectivity index (χ4v) is 3.81. The first-order valence-electron chi connectivity index (χ1n) is 9.19. The van der Waals surface area contributed by atoms with E-state index in [4.69, 9.17) is 4.74 Å². The summed E-state index contributed by atoms with van der Waals surface area (Å²) in [7, 11) is 2.80. The van der Waals surface area contributed by atoms with E-state index in [1.54, 1.807) is 18.5 Å². The third kappa shape index (κ3) is 2.83. The normalized spacial score (nSPS) is 13.6. The largest absolute Gasteiger partial charge is 0.505 e. The highest BCUT2D eigenvalue weighted by Crippen LogP contribution is 2.33. The van der Waals surface area contributed by atoms with Crippen LogP contribution >= 0.6 is 0 Å². The topological polar surface area (TPSA) is 107 Å². The molecule has 0 fully saturated rings. The van der Waals surface area contributed by atoms with Gasteiger partial charge in [0.15, 0.2) is 11.4 Å². The average molecular weight is 414 g/mol. The summed E-state index contributed by atoms with van der Waals surface area (Å²) in [5.41, 5.74) is 0.570. The number of methoxy groups -OCH3 is 1. The number of aromatic hydroxyl groups is 1. The molecule has 0 aliphatic carbocycles. The van der Waals surface area contributed by atoms with Crippen molar-refractivity contribution in [1.29, 1.82) is 0 Å². The number of likely N-dealkylation sites (N-methyl/N-ethyl adjacent to an activating group) is 1. The number of halogens is 1. The molecule has 2 aromatic heterocycles. The lowest BCUT2D eigenvalue weighted by atomic mass is 10.1. The van der Waals surface area contributed by atoms with Crippen molar-refractivity contribution in [3.63, 3.8) is 0 Å². The highest BCUT2D eigenvalue weighted by Gasteiger charge is 2.32. The standard InChI is InChI=1S/C20H19FN4O5/c1-10-15-14(17(26)16-19(28)23(2)6-7-24(15)16)18(27)25(22-10)9-11-4-5-12(21)8-13(11)20(29)30-3/h4-5,8,26H,6-7,9H2,1-3H3. The van der Waals surface area contributed by atoms with E-state index in [0.717, 1.165) is 10.7 Å². The van der Waals surface area contributed by atoms with Gasteiger partial charge in [0.05, 0.1) is 30.4 Å². The Morgan fingerprint density at radius 3 is 2.73 bits per heavy atom. The Kier molecular flexibility index (Phi) is 4.56. The van der Waals surface area contributed by atoms with Gasteiger partial charge in [0.25, 0.3) is 11.5 Å². The number of carbonyl (C=O) groups is 2. The van der Waals surface area contributed by atoms with Gasteiger partial charge in [-0.15, -0.1) is 0 Å². The first-order valence-corrected chi connectivity index (χ1v) is 9.19. The number of nitrogens with zero attached hydrogens (tertiary/aromatic N) is 4. The lowest BCUT2D eigenvalue weighted by molar-refractivity contribution is 0.0598. The van der Waals surface area contributed by atoms with Gasteiger partial charge < -0.3 is 19.3 Å². The fourth-order valence-electron chi connectivity index (χ4n) is 3.81. The van der Waals surface area contributed by atoms with Gasteiger partial charge in [-0.2, -0.15) is 5.10 Å². The Hall–Kier alpha value is -3.69. The van der Waals surface area contributed by atoms with E-state index >= 15 is 0 Å². The van der Waals surface area contributed by atoms with E-state index in [-0.39, 0.29) is 29.1 Å². The minimum atomic E-state index is -0.744. The maximum absolute atomic E-state index is 13.6. The van der Waals surface area contributed by atoms with Crippen LogP contribution in [0.2, 0.25) is 0 Å². The smallest absolute Gasteiger partial charge is 0.338 e. The zero-order valence-corrected chi connectivity index (χ0v) is 16.6. The van der Waals surface area contributed by atoms with E-state index in [0.29, 0.717) is 29.9 Å². The van der Waals surface area contributed by atoms with Crippen molar-refractivity contribution in [3.05, 3.63) is 56.9 Å². The van der Waals surface area contributed by atoms with Crippen LogP contribution in [-0.4, -0.2) is 56.9 Å². The van der Waals surface area contributed by atoms with Gasteiger partial charge in [0, 0.05) is 20.1 Å². The minimum Gasteiger partial charge on any atom is -0.505 e. The second kappa shape index (κ2) is 6.97. The van der Waals surface area contributed by atoms with Gasteiger partial charge in [-0.1, -0.05) is 6.07 Å². The number of amides is 1. The van der Waals surface area contributed by atoms with Crippen molar-refractivity contribution < 1.29 is 23.8 Å². The molecule has 0 saturated heterocycles. The molecule has 3 aromatic rings. The second-order valence-electron chi connectivity index (χ2n) is 7.14. The number of hydrogen-bond donors (Lipinski definition) is 1. The quantitative estimate of drug-likeness (QED) is 0.647. The number of carbonyl (C=O) groups excluding carboxylic acids is 2. The van der Waals surface area contributed by atoms with Gasteiger partial charge in [0.1, 0.15) is 11.2 Å². The van der Waals surface area contributed by atoms with Crippen molar-refractivity contribution in [3.8, 4) is 5.75 Å². The van der Waals surface area contributed by atoms with Crippen LogP contribution < -0.4 is 5.56 Å². The second-order valence-corrected chi connectivity index (χ2v) is 7.14. The number of ether oxygens (including phenoxy) is 1. The maximum atomic E-state index is 13.6. The van der Waals surface area contributed by atoms with Crippen LogP contribution in [0.5, 0.6) is 5.75 Å². The fraction of sp³-hybridized carbons (Fsp3) is 0.300. The minimum absolute atomic E-state index is 0.0112. The first-order chi connectivity index (χ1) is 14.2. The highest BCUT2D eigenvalue weighted by molar-refractivity contribution is 6.04. The van der Waals surface area contributed by atoms with Crippen LogP contribution in [0.4, 0.5) is 4.39 Å². The molecular weight excluding hydrogens is 395 g/mol. The molecule has 10 heteroatoms. The molecule has 1 amide bonds. The van der Waals surface area contributed by atoms with E-state index in [2.05, 4.69) is 5.10 Å². The van der Waals surface area contributed by atoms with Gasteiger partial charge >= 0.3 is 5.97 Å². The number of hydrogen-bond acceptors (Lipinski definition) is 6. The van der Waals surface area contributed by atoms with Crippen molar-refractivity contribution in [2.75, 3.05) is 20.7 Å². The predicted molar refractivity (Wildman–Crippen MR) is 104 cm³/mol. The van der Waals surface area contributed by atoms with E-state index in [9.17, 15) is 23.9 Å². The summed E-state index contributed by atoms with van der Waals surface area (Å²) in [4.78, 5) is 39.1. The van der Waals surface area contributed by atoms with Crippen LogP contribution in [0, 0.1) is 12.7 Å². The molecule has 0 saturated carbocycles. The summed E-state index contributed by atoms with van der Waals surface area (Å²) in [6, 6.07) is 3.57. The lowest BCUT2D eigenvalue weighted by Gasteiger charge is -2.25. The average Bonchev–Trinajstić information content (AvgIpc) is 3.03. The summed E-state index contributed by atoms with van der Waals surface area (Å²) in [6.45, 7) is 2.38. The lowest BCUT2D eigenvalue weighted by Crippen LogP contribution is -2.37. The van der Waals surface area contributed by atoms with E-state index in [1.165, 1.54) is 24.1 Å². The molecule has 9 nitrogen and oxygen atoms in total. The predicted octanol–water partition coefficient (Wildman–Crippen LogP) is 1.27. The van der Waals surface area contributed by atoms with Crippen molar-refractivity contribution >= 4 is 22.8 Å². The zero-order valence-electron chi connectivity index (χ0n) is 16.6. The third-order valence-corrected chi connectivity index (χ3v) is 5.31. The molecule has 30 heavy (non-hydrogen) atoms. The number of aromatic nitrogens is 3. The molecule has 0 radical (unpaired) electrons. The van der Waals surface area contributed by atoms with Crippen molar-refractivity contribution in [2.24, 2.45) is 0 Å². The van der Waals surface area contributed by atoms with E-state index < -0.39 is 23.1 Å². The van der Waals surface area contributed by atoms with Crippen LogP contribution in [-0.2, 0) is 17.8 Å². The van der Waals surface area contributed by atoms with Gasteiger partial charge in [-0.3, -0.25) is 9.59 Å². The molecule has 0 unspecified atom stereocenters. The number of aryl methyl sites for hydroxylation is 1. The molecule has 3 heterocycles. The molecule has 0 spiro atoms. The van der Waals surface area contributed by atoms with Crippen LogP contribution in [0.1, 0.15) is 32.1 Å². The Morgan fingerprint density at radius 1 is 1.30 bits per heavy atom. The molecule has 0 atom stereocenters. The molecule has 1 N–H and O–H groups in total. The van der Waals surface area contributed by atoms with Crippen molar-refractivity contribution in [2.45, 2.75) is 20.0 Å². The molecular formula is C20H19FN4O5. The number of rotatable bonds is 3. The molecule has 1 aliphatic rings. The molecule has 1 aromatic carbocycles. The zero-order chi connectivity index (χ0) is 21.7. The molecule has 0 bridgehead atoms.